The number of rotatable bonds is 4. The van der Waals surface area contributed by atoms with Crippen LogP contribution in [0.15, 0.2) is 35.4 Å². The number of carbonyl (C=O) groups is 1. The molecule has 5 heteroatoms. The molecule has 2 aliphatic heterocycles. The monoisotopic (exact) mass is 424 g/mol. The fourth-order valence-electron chi connectivity index (χ4n) is 6.58. The number of methoxy groups -OCH3 is 1. The standard InChI is InChI=1S/C26H36N2O3/c1-18-5-4-10-26(2)16-24-21(15-23(18)26)22(25(29)31-24)17-27-11-13-28(14-12-27)19-6-8-20(30-3)9-7-19/h6-9,21-22,24H,4-5,10-17H2,1-3H3/t21-,22+,24-,26+/m1/s1. The fraction of sp³-hybridized carbons (Fsp3) is 0.654. The second-order valence-electron chi connectivity index (χ2n) is 10.3. The summed E-state index contributed by atoms with van der Waals surface area (Å²) in [5.41, 5.74) is 4.72. The molecule has 0 aromatic heterocycles. The first-order chi connectivity index (χ1) is 15.0. The predicted octanol–water partition coefficient (Wildman–Crippen LogP) is 4.28. The highest BCUT2D eigenvalue weighted by Gasteiger charge is 2.53. The second-order valence-corrected chi connectivity index (χ2v) is 10.3. The molecule has 5 rings (SSSR count). The molecule has 1 aromatic rings. The Balaban J connectivity index is 1.22. The third-order valence-corrected chi connectivity index (χ3v) is 8.44. The van der Waals surface area contributed by atoms with E-state index >= 15 is 0 Å². The first kappa shape index (κ1) is 20.9. The van der Waals surface area contributed by atoms with Crippen molar-refractivity contribution in [3.8, 4) is 5.75 Å². The molecule has 2 saturated heterocycles. The number of hydrogen-bond acceptors (Lipinski definition) is 5. The van der Waals surface area contributed by atoms with E-state index in [0.717, 1.165) is 51.3 Å². The van der Waals surface area contributed by atoms with Crippen molar-refractivity contribution in [2.24, 2.45) is 17.3 Å². The second kappa shape index (κ2) is 8.16. The Labute approximate surface area is 186 Å². The Morgan fingerprint density at radius 3 is 2.61 bits per heavy atom. The van der Waals surface area contributed by atoms with E-state index in [-0.39, 0.29) is 23.4 Å². The molecule has 0 radical (unpaired) electrons. The number of benzene rings is 1. The summed E-state index contributed by atoms with van der Waals surface area (Å²) < 4.78 is 11.2. The molecule has 1 aromatic carbocycles. The van der Waals surface area contributed by atoms with E-state index in [9.17, 15) is 4.79 Å². The predicted molar refractivity (Wildman–Crippen MR) is 122 cm³/mol. The first-order valence-electron chi connectivity index (χ1n) is 12.0. The van der Waals surface area contributed by atoms with Crippen LogP contribution in [0.2, 0.25) is 0 Å². The van der Waals surface area contributed by atoms with Crippen LogP contribution < -0.4 is 9.64 Å². The molecule has 0 unspecified atom stereocenters. The molecule has 5 nitrogen and oxygen atoms in total. The van der Waals surface area contributed by atoms with Gasteiger partial charge in [-0.15, -0.1) is 0 Å². The van der Waals surface area contributed by atoms with Crippen LogP contribution in [0.5, 0.6) is 5.75 Å². The Morgan fingerprint density at radius 2 is 1.90 bits per heavy atom. The smallest absolute Gasteiger partial charge is 0.310 e. The maximum Gasteiger partial charge on any atom is 0.310 e. The third-order valence-electron chi connectivity index (χ3n) is 8.44. The Kier molecular flexibility index (Phi) is 5.49. The van der Waals surface area contributed by atoms with E-state index in [1.807, 2.05) is 12.1 Å². The molecule has 31 heavy (non-hydrogen) atoms. The molecule has 0 N–H and O–H groups in total. The lowest BCUT2D eigenvalue weighted by Crippen LogP contribution is -2.49. The van der Waals surface area contributed by atoms with E-state index in [2.05, 4.69) is 35.8 Å². The average Bonchev–Trinajstić information content (AvgIpc) is 3.06. The molecule has 0 spiro atoms. The number of nitrogens with zero attached hydrogens (tertiary/aromatic N) is 2. The van der Waals surface area contributed by atoms with Gasteiger partial charge in [-0.3, -0.25) is 9.69 Å². The number of esters is 1. The zero-order valence-electron chi connectivity index (χ0n) is 19.2. The highest BCUT2D eigenvalue weighted by atomic mass is 16.6. The summed E-state index contributed by atoms with van der Waals surface area (Å²) in [5.74, 6) is 1.34. The molecule has 4 aliphatic rings. The van der Waals surface area contributed by atoms with E-state index in [1.54, 1.807) is 18.3 Å². The quantitative estimate of drug-likeness (QED) is 0.533. The number of allylic oxidation sites excluding steroid dienone is 2. The summed E-state index contributed by atoms with van der Waals surface area (Å²) in [6.45, 7) is 9.53. The van der Waals surface area contributed by atoms with Crippen LogP contribution in [0.25, 0.3) is 0 Å². The summed E-state index contributed by atoms with van der Waals surface area (Å²) in [6.07, 6.45) is 5.97. The topological polar surface area (TPSA) is 42.0 Å². The van der Waals surface area contributed by atoms with Gasteiger partial charge in [0.25, 0.3) is 0 Å². The molecule has 0 bridgehead atoms. The number of anilines is 1. The van der Waals surface area contributed by atoms with E-state index < -0.39 is 0 Å². The van der Waals surface area contributed by atoms with Crippen molar-refractivity contribution in [1.29, 1.82) is 0 Å². The molecule has 2 heterocycles. The van der Waals surface area contributed by atoms with Crippen LogP contribution >= 0.6 is 0 Å². The van der Waals surface area contributed by atoms with Crippen LogP contribution in [-0.4, -0.2) is 56.8 Å². The van der Waals surface area contributed by atoms with E-state index in [0.29, 0.717) is 5.92 Å². The maximum absolute atomic E-state index is 12.9. The van der Waals surface area contributed by atoms with Crippen molar-refractivity contribution in [2.75, 3.05) is 44.7 Å². The van der Waals surface area contributed by atoms with E-state index in [4.69, 9.17) is 9.47 Å². The third kappa shape index (κ3) is 3.86. The fourth-order valence-corrected chi connectivity index (χ4v) is 6.58. The number of piperazine rings is 1. The van der Waals surface area contributed by atoms with Crippen molar-refractivity contribution in [3.05, 3.63) is 35.4 Å². The number of fused-ring (bicyclic) bond motifs is 2. The molecule has 168 valence electrons. The van der Waals surface area contributed by atoms with Crippen molar-refractivity contribution < 1.29 is 14.3 Å². The molecule has 3 fully saturated rings. The lowest BCUT2D eigenvalue weighted by Gasteiger charge is -2.46. The van der Waals surface area contributed by atoms with Crippen LogP contribution in [-0.2, 0) is 9.53 Å². The van der Waals surface area contributed by atoms with Gasteiger partial charge in [0.15, 0.2) is 0 Å². The van der Waals surface area contributed by atoms with Gasteiger partial charge in [-0.05, 0) is 68.7 Å². The normalized spacial score (nSPS) is 33.7. The van der Waals surface area contributed by atoms with Gasteiger partial charge < -0.3 is 14.4 Å². The molecule has 2 aliphatic carbocycles. The number of ether oxygens (including phenoxy) is 2. The van der Waals surface area contributed by atoms with Crippen molar-refractivity contribution >= 4 is 11.7 Å². The summed E-state index contributed by atoms with van der Waals surface area (Å²) in [4.78, 5) is 17.8. The molecular formula is C26H36N2O3. The summed E-state index contributed by atoms with van der Waals surface area (Å²) in [5, 5.41) is 0. The zero-order chi connectivity index (χ0) is 21.6. The minimum atomic E-state index is 0.0318. The Morgan fingerprint density at radius 1 is 1.16 bits per heavy atom. The van der Waals surface area contributed by atoms with Gasteiger partial charge in [0, 0.05) is 44.3 Å². The van der Waals surface area contributed by atoms with Gasteiger partial charge in [0.2, 0.25) is 0 Å². The van der Waals surface area contributed by atoms with Gasteiger partial charge >= 0.3 is 5.97 Å². The highest BCUT2D eigenvalue weighted by molar-refractivity contribution is 5.76. The lowest BCUT2D eigenvalue weighted by molar-refractivity contribution is -0.145. The molecule has 0 amide bonds. The largest absolute Gasteiger partial charge is 0.497 e. The molecule has 1 saturated carbocycles. The van der Waals surface area contributed by atoms with Crippen molar-refractivity contribution in [1.82, 2.24) is 4.90 Å². The van der Waals surface area contributed by atoms with Crippen molar-refractivity contribution in [2.45, 2.75) is 52.1 Å². The SMILES string of the molecule is COc1ccc(N2CCN(C[C@@H]3C(=O)O[C@@H]4C[C@]5(C)CCCC(C)=C5C[C@H]34)CC2)cc1. The number of hydrogen-bond donors (Lipinski definition) is 0. The van der Waals surface area contributed by atoms with E-state index in [1.165, 1.54) is 24.9 Å². The minimum Gasteiger partial charge on any atom is -0.497 e. The Hall–Kier alpha value is -2.01. The van der Waals surface area contributed by atoms with Gasteiger partial charge in [-0.25, -0.2) is 0 Å². The Bertz CT molecular complexity index is 856. The number of carbonyl (C=O) groups excluding carboxylic acids is 1. The zero-order valence-corrected chi connectivity index (χ0v) is 19.2. The first-order valence-corrected chi connectivity index (χ1v) is 12.0. The van der Waals surface area contributed by atoms with Gasteiger partial charge in [0.1, 0.15) is 11.9 Å². The van der Waals surface area contributed by atoms with Gasteiger partial charge in [0.05, 0.1) is 13.0 Å². The maximum atomic E-state index is 12.9. The summed E-state index contributed by atoms with van der Waals surface area (Å²) >= 11 is 0. The van der Waals surface area contributed by atoms with Crippen LogP contribution in [0.4, 0.5) is 5.69 Å². The van der Waals surface area contributed by atoms with Gasteiger partial charge in [-0.2, -0.15) is 0 Å². The van der Waals surface area contributed by atoms with Crippen LogP contribution in [0.1, 0.15) is 46.0 Å². The average molecular weight is 425 g/mol. The summed E-state index contributed by atoms with van der Waals surface area (Å²) in [6, 6.07) is 8.31. The van der Waals surface area contributed by atoms with Crippen LogP contribution in [0, 0.1) is 17.3 Å². The van der Waals surface area contributed by atoms with Crippen LogP contribution in [0.3, 0.4) is 0 Å². The lowest BCUT2D eigenvalue weighted by atomic mass is 9.59. The van der Waals surface area contributed by atoms with Crippen molar-refractivity contribution in [3.63, 3.8) is 0 Å². The highest BCUT2D eigenvalue weighted by Crippen LogP contribution is 2.55. The molecule has 4 atom stereocenters. The minimum absolute atomic E-state index is 0.0318. The molecular weight excluding hydrogens is 388 g/mol. The summed E-state index contributed by atoms with van der Waals surface area (Å²) in [7, 11) is 1.70. The van der Waals surface area contributed by atoms with Gasteiger partial charge in [-0.1, -0.05) is 18.1 Å².